The Morgan fingerprint density at radius 1 is 1.12 bits per heavy atom. The van der Waals surface area contributed by atoms with Crippen LogP contribution in [0.15, 0.2) is 55.6 Å². The lowest BCUT2D eigenvalue weighted by molar-refractivity contribution is -0.150. The van der Waals surface area contributed by atoms with Crippen molar-refractivity contribution in [2.75, 3.05) is 13.2 Å². The third-order valence-corrected chi connectivity index (χ3v) is 8.56. The average Bonchev–Trinajstić information content (AvgIpc) is 3.33. The number of benzene rings is 1. The van der Waals surface area contributed by atoms with E-state index >= 15 is 0 Å². The van der Waals surface area contributed by atoms with Gasteiger partial charge in [0.1, 0.15) is 23.2 Å². The van der Waals surface area contributed by atoms with Gasteiger partial charge in [0.15, 0.2) is 5.82 Å². The van der Waals surface area contributed by atoms with Crippen molar-refractivity contribution in [3.63, 3.8) is 0 Å². The first-order chi connectivity index (χ1) is 22.9. The van der Waals surface area contributed by atoms with Crippen molar-refractivity contribution in [1.29, 1.82) is 0 Å². The van der Waals surface area contributed by atoms with E-state index < -0.39 is 53.0 Å². The van der Waals surface area contributed by atoms with E-state index in [-0.39, 0.29) is 25.5 Å². The molecule has 1 aliphatic carbocycles. The lowest BCUT2D eigenvalue weighted by atomic mass is 10.0. The molecule has 1 aromatic carbocycles. The highest BCUT2D eigenvalue weighted by Gasteiger charge is 2.62. The molecular formula is C35H49N7O6. The van der Waals surface area contributed by atoms with Crippen LogP contribution in [-0.2, 0) is 30.4 Å². The Morgan fingerprint density at radius 3 is 2.52 bits per heavy atom. The number of unbranched alkanes of at least 4 members (excludes halogenated alkanes) is 3. The Balaban J connectivity index is 1.59. The molecule has 2 aromatic rings. The largest absolute Gasteiger partial charge is 0.464 e. The Kier molecular flexibility index (Phi) is 12.1. The second-order valence-corrected chi connectivity index (χ2v) is 13.5. The molecule has 2 fully saturated rings. The first-order valence-corrected chi connectivity index (χ1v) is 16.7. The molecule has 1 aliphatic heterocycles. The number of nitrogens with zero attached hydrogens (tertiary/aromatic N) is 5. The molecule has 2 N–H and O–H groups in total. The van der Waals surface area contributed by atoms with E-state index in [1.54, 1.807) is 33.8 Å². The summed E-state index contributed by atoms with van der Waals surface area (Å²) >= 11 is 0. The normalized spacial score (nSPS) is 22.3. The summed E-state index contributed by atoms with van der Waals surface area (Å²) < 4.78 is 10.8. The van der Waals surface area contributed by atoms with Gasteiger partial charge in [-0.15, -0.1) is 23.4 Å². The van der Waals surface area contributed by atoms with Crippen LogP contribution in [0, 0.1) is 5.92 Å². The van der Waals surface area contributed by atoms with Gasteiger partial charge in [-0.25, -0.2) is 9.59 Å². The topological polar surface area (TPSA) is 158 Å². The van der Waals surface area contributed by atoms with Crippen molar-refractivity contribution in [2.45, 2.75) is 108 Å². The van der Waals surface area contributed by atoms with E-state index in [2.05, 4.69) is 39.2 Å². The van der Waals surface area contributed by atoms with Crippen molar-refractivity contribution in [2.24, 2.45) is 5.92 Å². The maximum absolute atomic E-state index is 14.3. The number of allylic oxidation sites excluding steroid dienone is 1. The third-order valence-electron chi connectivity index (χ3n) is 8.56. The number of ether oxygens (including phenoxy) is 2. The van der Waals surface area contributed by atoms with Crippen molar-refractivity contribution < 1.29 is 28.7 Å². The van der Waals surface area contributed by atoms with E-state index in [1.165, 1.54) is 9.70 Å². The number of tetrazole rings is 1. The average molecular weight is 664 g/mol. The maximum Gasteiger partial charge on any atom is 0.408 e. The quantitative estimate of drug-likeness (QED) is 0.154. The van der Waals surface area contributed by atoms with Crippen LogP contribution in [-0.4, -0.2) is 85.4 Å². The fraction of sp³-hybridized carbons (Fsp3) is 0.571. The number of likely N-dealkylation sites (tertiary alicyclic amines) is 1. The van der Waals surface area contributed by atoms with Gasteiger partial charge in [0.25, 0.3) is 0 Å². The van der Waals surface area contributed by atoms with Gasteiger partial charge in [-0.05, 0) is 70.6 Å². The van der Waals surface area contributed by atoms with Crippen LogP contribution < -0.4 is 10.6 Å². The van der Waals surface area contributed by atoms with Crippen LogP contribution in [0.3, 0.4) is 0 Å². The number of hydrogen-bond donors (Lipinski definition) is 2. The lowest BCUT2D eigenvalue weighted by Gasteiger charge is -2.30. The molecule has 0 spiro atoms. The van der Waals surface area contributed by atoms with Crippen LogP contribution in [0.5, 0.6) is 0 Å². The summed E-state index contributed by atoms with van der Waals surface area (Å²) in [5.41, 5.74) is -1.01. The van der Waals surface area contributed by atoms with Crippen molar-refractivity contribution in [1.82, 2.24) is 35.7 Å². The SMILES string of the molecule is C=CCCCCC[C@H](NC(=O)OC(C)(C)C)C(=O)N1C[C@H](c2nnn(Cc3ccccc3)n2)C[C@H]1C(=O)N[C@]1(C(=O)OCC)CC1C=C. The van der Waals surface area contributed by atoms with Gasteiger partial charge in [0.2, 0.25) is 11.8 Å². The van der Waals surface area contributed by atoms with Crippen LogP contribution in [0.4, 0.5) is 4.79 Å². The van der Waals surface area contributed by atoms with E-state index in [4.69, 9.17) is 9.47 Å². The standard InChI is InChI=1S/C35H49N7O6/c1-7-10-11-12-16-19-27(36-33(46)48-34(4,5)6)31(44)41-23-25(29-38-40-42(39-29)22-24-17-14-13-15-18-24)20-28(41)30(43)37-35(21-26(35)8-2)32(45)47-9-3/h7-8,13-15,17-18,25-28H,1-2,9-12,16,19-23H2,3-6H3,(H,36,46)(H,37,43)/t25-,26?,27+,28+,35-/m1/s1. The fourth-order valence-corrected chi connectivity index (χ4v) is 6.03. The molecule has 2 heterocycles. The van der Waals surface area contributed by atoms with Gasteiger partial charge in [-0.3, -0.25) is 9.59 Å². The molecule has 1 unspecified atom stereocenters. The smallest absolute Gasteiger partial charge is 0.408 e. The van der Waals surface area contributed by atoms with Crippen LogP contribution in [0.2, 0.25) is 0 Å². The fourth-order valence-electron chi connectivity index (χ4n) is 6.03. The lowest BCUT2D eigenvalue weighted by Crippen LogP contribution is -2.56. The number of esters is 1. The summed E-state index contributed by atoms with van der Waals surface area (Å²) in [6, 6.07) is 7.79. The summed E-state index contributed by atoms with van der Waals surface area (Å²) in [5.74, 6) is -1.77. The Labute approximate surface area is 282 Å². The molecule has 3 amide bonds. The molecule has 4 rings (SSSR count). The van der Waals surface area contributed by atoms with Gasteiger partial charge in [-0.2, -0.15) is 4.80 Å². The number of carbonyl (C=O) groups is 4. The van der Waals surface area contributed by atoms with Crippen molar-refractivity contribution in [3.05, 3.63) is 67.0 Å². The number of aromatic nitrogens is 4. The second-order valence-electron chi connectivity index (χ2n) is 13.5. The molecule has 5 atom stereocenters. The van der Waals surface area contributed by atoms with Crippen LogP contribution in [0.25, 0.3) is 0 Å². The van der Waals surface area contributed by atoms with Gasteiger partial charge in [-0.1, -0.05) is 55.3 Å². The number of rotatable bonds is 16. The summed E-state index contributed by atoms with van der Waals surface area (Å²) in [6.07, 6.45) is 6.90. The number of alkyl carbamates (subject to hydrolysis) is 1. The molecule has 1 saturated carbocycles. The van der Waals surface area contributed by atoms with Gasteiger partial charge in [0.05, 0.1) is 13.2 Å². The Bertz CT molecular complexity index is 1450. The van der Waals surface area contributed by atoms with Crippen molar-refractivity contribution >= 4 is 23.9 Å². The zero-order chi connectivity index (χ0) is 34.9. The monoisotopic (exact) mass is 663 g/mol. The number of nitrogens with one attached hydrogen (secondary N) is 2. The molecule has 2 aliphatic rings. The Morgan fingerprint density at radius 2 is 1.88 bits per heavy atom. The highest BCUT2D eigenvalue weighted by atomic mass is 16.6. The zero-order valence-corrected chi connectivity index (χ0v) is 28.5. The van der Waals surface area contributed by atoms with E-state index in [0.717, 1.165) is 24.8 Å². The number of amides is 3. The predicted octanol–water partition coefficient (Wildman–Crippen LogP) is 4.06. The minimum Gasteiger partial charge on any atom is -0.464 e. The van der Waals surface area contributed by atoms with Crippen LogP contribution in [0.1, 0.15) is 89.9 Å². The van der Waals surface area contributed by atoms with E-state index in [0.29, 0.717) is 31.6 Å². The molecular weight excluding hydrogens is 614 g/mol. The predicted molar refractivity (Wildman–Crippen MR) is 178 cm³/mol. The van der Waals surface area contributed by atoms with Crippen LogP contribution >= 0.6 is 0 Å². The minimum absolute atomic E-state index is 0.119. The van der Waals surface area contributed by atoms with Gasteiger partial charge >= 0.3 is 12.1 Å². The van der Waals surface area contributed by atoms with Gasteiger partial charge in [0, 0.05) is 18.4 Å². The van der Waals surface area contributed by atoms with Gasteiger partial charge < -0.3 is 25.0 Å². The molecule has 13 heteroatoms. The number of hydrogen-bond acceptors (Lipinski definition) is 9. The highest BCUT2D eigenvalue weighted by molar-refractivity contribution is 5.96. The summed E-state index contributed by atoms with van der Waals surface area (Å²) in [4.78, 5) is 57.2. The third kappa shape index (κ3) is 9.29. The first-order valence-electron chi connectivity index (χ1n) is 16.7. The molecule has 0 radical (unpaired) electrons. The molecule has 48 heavy (non-hydrogen) atoms. The van der Waals surface area contributed by atoms with E-state index in [1.807, 2.05) is 36.4 Å². The summed E-state index contributed by atoms with van der Waals surface area (Å²) in [7, 11) is 0. The summed E-state index contributed by atoms with van der Waals surface area (Å²) in [6.45, 7) is 15.2. The summed E-state index contributed by atoms with van der Waals surface area (Å²) in [5, 5.41) is 18.8. The molecule has 0 bridgehead atoms. The molecule has 260 valence electrons. The second kappa shape index (κ2) is 16.0. The molecule has 1 saturated heterocycles. The van der Waals surface area contributed by atoms with Crippen molar-refractivity contribution in [3.8, 4) is 0 Å². The molecule has 13 nitrogen and oxygen atoms in total. The Hall–Kier alpha value is -4.55. The zero-order valence-electron chi connectivity index (χ0n) is 28.5. The first kappa shape index (κ1) is 36.3. The van der Waals surface area contributed by atoms with E-state index in [9.17, 15) is 19.2 Å². The highest BCUT2D eigenvalue weighted by Crippen LogP contribution is 2.46. The molecule has 1 aromatic heterocycles. The minimum atomic E-state index is -1.24. The maximum atomic E-state index is 14.3. The number of carbonyl (C=O) groups excluding carboxylic acids is 4.